The van der Waals surface area contributed by atoms with E-state index in [1.165, 1.54) is 4.57 Å². The maximum Gasteiger partial charge on any atom is 0.269 e. The first-order valence-electron chi connectivity index (χ1n) is 4.76. The third-order valence-electron chi connectivity index (χ3n) is 2.26. The molecule has 0 bridgehead atoms. The molecule has 0 aromatic carbocycles. The van der Waals surface area contributed by atoms with Gasteiger partial charge >= 0.3 is 0 Å². The molecule has 1 atom stereocenters. The lowest BCUT2D eigenvalue weighted by Crippen LogP contribution is -2.29. The summed E-state index contributed by atoms with van der Waals surface area (Å²) in [7, 11) is 0. The minimum Gasteiger partial charge on any atom is -0.392 e. The average Bonchev–Trinajstić information content (AvgIpc) is 2.12. The van der Waals surface area contributed by atoms with Crippen LogP contribution >= 0.6 is 0 Å². The van der Waals surface area contributed by atoms with Gasteiger partial charge in [-0.15, -0.1) is 0 Å². The molecule has 0 radical (unpaired) electrons. The first-order valence-corrected chi connectivity index (χ1v) is 4.76. The van der Waals surface area contributed by atoms with Crippen LogP contribution in [-0.4, -0.2) is 15.8 Å². The fourth-order valence-corrected chi connectivity index (χ4v) is 1.55. The summed E-state index contributed by atoms with van der Waals surface area (Å²) >= 11 is 0. The zero-order valence-corrected chi connectivity index (χ0v) is 9.11. The average molecular weight is 206 g/mol. The summed E-state index contributed by atoms with van der Waals surface area (Å²) in [6.45, 7) is 5.36. The van der Waals surface area contributed by atoms with Gasteiger partial charge < -0.3 is 9.67 Å². The van der Waals surface area contributed by atoms with Gasteiger partial charge in [-0.3, -0.25) is 4.79 Å². The van der Waals surface area contributed by atoms with E-state index in [4.69, 9.17) is 5.26 Å². The van der Waals surface area contributed by atoms with Gasteiger partial charge in [-0.2, -0.15) is 5.26 Å². The SMILES string of the molecule is Cc1cc(C)n(C[C@H](C)O)c(=O)c1C#N. The topological polar surface area (TPSA) is 66.0 Å². The van der Waals surface area contributed by atoms with Gasteiger partial charge in [0.2, 0.25) is 0 Å². The van der Waals surface area contributed by atoms with E-state index in [1.807, 2.05) is 6.07 Å². The van der Waals surface area contributed by atoms with Crippen molar-refractivity contribution >= 4 is 0 Å². The van der Waals surface area contributed by atoms with Gasteiger partial charge in [-0.05, 0) is 32.4 Å². The molecule has 0 saturated carbocycles. The lowest BCUT2D eigenvalue weighted by molar-refractivity contribution is 0.171. The van der Waals surface area contributed by atoms with E-state index in [0.29, 0.717) is 5.56 Å². The summed E-state index contributed by atoms with van der Waals surface area (Å²) in [6.07, 6.45) is -0.601. The van der Waals surface area contributed by atoms with E-state index < -0.39 is 6.10 Å². The van der Waals surface area contributed by atoms with Crippen molar-refractivity contribution in [3.63, 3.8) is 0 Å². The van der Waals surface area contributed by atoms with Crippen LogP contribution in [0.3, 0.4) is 0 Å². The number of pyridine rings is 1. The van der Waals surface area contributed by atoms with Gasteiger partial charge in [0.05, 0.1) is 12.6 Å². The molecule has 15 heavy (non-hydrogen) atoms. The smallest absolute Gasteiger partial charge is 0.269 e. The Bertz CT molecular complexity index is 467. The molecule has 4 nitrogen and oxygen atoms in total. The first-order chi connectivity index (χ1) is 6.97. The summed E-state index contributed by atoms with van der Waals surface area (Å²) in [5.41, 5.74) is 1.27. The molecule has 4 heteroatoms. The highest BCUT2D eigenvalue weighted by atomic mass is 16.3. The molecule has 1 N–H and O–H groups in total. The number of hydrogen-bond acceptors (Lipinski definition) is 3. The molecule has 0 aliphatic rings. The second-order valence-corrected chi connectivity index (χ2v) is 3.72. The standard InChI is InChI=1S/C11H14N2O2/c1-7-4-8(2)13(6-9(3)14)11(15)10(7)5-12/h4,9,14H,6H2,1-3H3/t9-/m0/s1. The number of aromatic nitrogens is 1. The van der Waals surface area contributed by atoms with Crippen LogP contribution in [0.2, 0.25) is 0 Å². The Kier molecular flexibility index (Phi) is 3.28. The zero-order valence-electron chi connectivity index (χ0n) is 9.11. The van der Waals surface area contributed by atoms with Gasteiger partial charge in [0.15, 0.2) is 0 Å². The van der Waals surface area contributed by atoms with Crippen LogP contribution in [0.4, 0.5) is 0 Å². The molecule has 1 heterocycles. The molecule has 1 aromatic heterocycles. The molecule has 80 valence electrons. The van der Waals surface area contributed by atoms with Gasteiger partial charge in [0.1, 0.15) is 11.6 Å². The van der Waals surface area contributed by atoms with E-state index in [0.717, 1.165) is 5.69 Å². The van der Waals surface area contributed by atoms with Crippen molar-refractivity contribution in [3.8, 4) is 6.07 Å². The normalized spacial score (nSPS) is 12.2. The molecule has 0 fully saturated rings. The summed E-state index contributed by atoms with van der Waals surface area (Å²) in [5.74, 6) is 0. The maximum absolute atomic E-state index is 11.8. The van der Waals surface area contributed by atoms with Crippen molar-refractivity contribution in [3.05, 3.63) is 33.2 Å². The Labute approximate surface area is 88.4 Å². The Balaban J connectivity index is 3.41. The lowest BCUT2D eigenvalue weighted by Gasteiger charge is -2.13. The highest BCUT2D eigenvalue weighted by molar-refractivity contribution is 5.36. The molecule has 0 amide bonds. The summed E-state index contributed by atoms with van der Waals surface area (Å²) < 4.78 is 1.43. The second kappa shape index (κ2) is 4.28. The Morgan fingerprint density at radius 2 is 2.20 bits per heavy atom. The fraction of sp³-hybridized carbons (Fsp3) is 0.455. The fourth-order valence-electron chi connectivity index (χ4n) is 1.55. The molecular formula is C11H14N2O2. The number of aliphatic hydroxyl groups is 1. The molecule has 1 aromatic rings. The van der Waals surface area contributed by atoms with Crippen LogP contribution in [0.5, 0.6) is 0 Å². The van der Waals surface area contributed by atoms with Gasteiger partial charge in [-0.1, -0.05) is 0 Å². The number of nitriles is 1. The molecule has 0 spiro atoms. The van der Waals surface area contributed by atoms with E-state index in [-0.39, 0.29) is 17.7 Å². The van der Waals surface area contributed by atoms with E-state index in [2.05, 4.69) is 0 Å². The monoisotopic (exact) mass is 206 g/mol. The Morgan fingerprint density at radius 1 is 1.60 bits per heavy atom. The molecule has 0 aliphatic carbocycles. The largest absolute Gasteiger partial charge is 0.392 e. The minimum absolute atomic E-state index is 0.154. The second-order valence-electron chi connectivity index (χ2n) is 3.72. The Hall–Kier alpha value is -1.60. The van der Waals surface area contributed by atoms with E-state index >= 15 is 0 Å². The van der Waals surface area contributed by atoms with Crippen LogP contribution in [0.15, 0.2) is 10.9 Å². The van der Waals surface area contributed by atoms with Crippen molar-refractivity contribution in [1.82, 2.24) is 4.57 Å². The van der Waals surface area contributed by atoms with Crippen LogP contribution in [-0.2, 0) is 6.54 Å². The molecular weight excluding hydrogens is 192 g/mol. The highest BCUT2D eigenvalue weighted by Crippen LogP contribution is 2.05. The van der Waals surface area contributed by atoms with Gasteiger partial charge in [0, 0.05) is 5.69 Å². The number of aryl methyl sites for hydroxylation is 2. The summed E-state index contributed by atoms with van der Waals surface area (Å²) in [4.78, 5) is 11.8. The third-order valence-corrected chi connectivity index (χ3v) is 2.26. The molecule has 0 saturated heterocycles. The lowest BCUT2D eigenvalue weighted by atomic mass is 10.1. The van der Waals surface area contributed by atoms with Gasteiger partial charge in [0.25, 0.3) is 5.56 Å². The predicted molar refractivity (Wildman–Crippen MR) is 56.6 cm³/mol. The van der Waals surface area contributed by atoms with E-state index in [9.17, 15) is 9.90 Å². The number of rotatable bonds is 2. The Morgan fingerprint density at radius 3 is 2.67 bits per heavy atom. The summed E-state index contributed by atoms with van der Waals surface area (Å²) in [5, 5.41) is 18.1. The van der Waals surface area contributed by atoms with Crippen molar-refractivity contribution in [1.29, 1.82) is 5.26 Å². The zero-order chi connectivity index (χ0) is 11.6. The quantitative estimate of drug-likeness (QED) is 0.775. The van der Waals surface area contributed by atoms with Crippen molar-refractivity contribution in [2.24, 2.45) is 0 Å². The van der Waals surface area contributed by atoms with Crippen molar-refractivity contribution in [2.45, 2.75) is 33.4 Å². The molecule has 1 rings (SSSR count). The summed E-state index contributed by atoms with van der Waals surface area (Å²) in [6, 6.07) is 3.67. The number of nitrogens with zero attached hydrogens (tertiary/aromatic N) is 2. The molecule has 0 aliphatic heterocycles. The van der Waals surface area contributed by atoms with E-state index in [1.54, 1.807) is 26.8 Å². The minimum atomic E-state index is -0.601. The van der Waals surface area contributed by atoms with Crippen molar-refractivity contribution in [2.75, 3.05) is 0 Å². The van der Waals surface area contributed by atoms with Crippen LogP contribution in [0.1, 0.15) is 23.7 Å². The first kappa shape index (κ1) is 11.5. The van der Waals surface area contributed by atoms with Crippen molar-refractivity contribution < 1.29 is 5.11 Å². The highest BCUT2D eigenvalue weighted by Gasteiger charge is 2.10. The number of hydrogen-bond donors (Lipinski definition) is 1. The predicted octanol–water partition coefficient (Wildman–Crippen LogP) is 0.718. The number of aliphatic hydroxyl groups excluding tert-OH is 1. The van der Waals surface area contributed by atoms with Crippen LogP contribution in [0, 0.1) is 25.2 Å². The third kappa shape index (κ3) is 2.25. The van der Waals surface area contributed by atoms with Crippen LogP contribution in [0.25, 0.3) is 0 Å². The maximum atomic E-state index is 11.8. The van der Waals surface area contributed by atoms with Gasteiger partial charge in [-0.25, -0.2) is 0 Å². The van der Waals surface area contributed by atoms with Crippen LogP contribution < -0.4 is 5.56 Å². The molecule has 0 unspecified atom stereocenters.